The number of benzene rings is 2. The van der Waals surface area contributed by atoms with Crippen LogP contribution in [0.1, 0.15) is 11.1 Å². The number of phenolic OH excluding ortho intramolecular Hbond substituents is 1. The molecule has 19 heavy (non-hydrogen) atoms. The van der Waals surface area contributed by atoms with Crippen LogP contribution in [0.4, 0.5) is 13.2 Å². The zero-order valence-corrected chi connectivity index (χ0v) is 9.57. The molecule has 1 N–H and O–H groups in total. The van der Waals surface area contributed by atoms with E-state index in [2.05, 4.69) is 0 Å². The van der Waals surface area contributed by atoms with Crippen molar-refractivity contribution in [2.24, 2.45) is 0 Å². The number of rotatable bonds is 1. The summed E-state index contributed by atoms with van der Waals surface area (Å²) in [7, 11) is 0. The molecule has 0 aliphatic heterocycles. The fraction of sp³-hybridized carbons (Fsp3) is 0.0714. The standard InChI is InChI=1S/C14H8F3NO/c15-14(16,17)13-7-10(4-5-11(13)8-18)9-2-1-3-12(19)6-9/h1-7,19H. The lowest BCUT2D eigenvalue weighted by Gasteiger charge is -2.11. The molecule has 2 rings (SSSR count). The third-order valence-electron chi connectivity index (χ3n) is 2.62. The Kier molecular flexibility index (Phi) is 3.17. The van der Waals surface area contributed by atoms with Gasteiger partial charge in [0.25, 0.3) is 0 Å². The molecule has 0 aliphatic rings. The molecule has 0 aromatic heterocycles. The molecule has 2 aromatic rings. The summed E-state index contributed by atoms with van der Waals surface area (Å²) < 4.78 is 38.4. The Hall–Kier alpha value is -2.48. The normalized spacial score (nSPS) is 11.1. The molecule has 2 nitrogen and oxygen atoms in total. The van der Waals surface area contributed by atoms with Crippen LogP contribution in [-0.4, -0.2) is 5.11 Å². The Bertz CT molecular complexity index is 656. The first kappa shape index (κ1) is 13.0. The van der Waals surface area contributed by atoms with Crippen molar-refractivity contribution < 1.29 is 18.3 Å². The summed E-state index contributed by atoms with van der Waals surface area (Å²) in [5.74, 6) is -0.0320. The SMILES string of the molecule is N#Cc1ccc(-c2cccc(O)c2)cc1C(F)(F)F. The maximum Gasteiger partial charge on any atom is 0.417 e. The minimum absolute atomic E-state index is 0.0320. The van der Waals surface area contributed by atoms with Gasteiger partial charge in [-0.25, -0.2) is 0 Å². The second-order valence-corrected chi connectivity index (χ2v) is 3.92. The summed E-state index contributed by atoms with van der Waals surface area (Å²) in [6.07, 6.45) is -4.59. The van der Waals surface area contributed by atoms with Gasteiger partial charge in [0, 0.05) is 0 Å². The quantitative estimate of drug-likeness (QED) is 0.846. The first-order valence-electron chi connectivity index (χ1n) is 5.32. The van der Waals surface area contributed by atoms with E-state index in [0.29, 0.717) is 11.1 Å². The molecule has 0 saturated carbocycles. The Morgan fingerprint density at radius 1 is 1.00 bits per heavy atom. The summed E-state index contributed by atoms with van der Waals surface area (Å²) in [5, 5.41) is 18.0. The molecular weight excluding hydrogens is 255 g/mol. The van der Waals surface area contributed by atoms with E-state index in [9.17, 15) is 18.3 Å². The van der Waals surface area contributed by atoms with Crippen molar-refractivity contribution in [2.75, 3.05) is 0 Å². The van der Waals surface area contributed by atoms with Crippen molar-refractivity contribution in [2.45, 2.75) is 6.18 Å². The summed E-state index contributed by atoms with van der Waals surface area (Å²) in [4.78, 5) is 0. The van der Waals surface area contributed by atoms with Gasteiger partial charge in [-0.2, -0.15) is 18.4 Å². The lowest BCUT2D eigenvalue weighted by atomic mass is 9.99. The van der Waals surface area contributed by atoms with Crippen LogP contribution in [-0.2, 0) is 6.18 Å². The summed E-state index contributed by atoms with van der Waals surface area (Å²) in [5.41, 5.74) is -0.649. The van der Waals surface area contributed by atoms with Gasteiger partial charge in [0.15, 0.2) is 0 Å². The molecule has 0 saturated heterocycles. The molecular formula is C14H8F3NO. The zero-order valence-electron chi connectivity index (χ0n) is 9.57. The van der Waals surface area contributed by atoms with Crippen LogP contribution in [0, 0.1) is 11.3 Å². The molecule has 0 amide bonds. The smallest absolute Gasteiger partial charge is 0.417 e. The van der Waals surface area contributed by atoms with Gasteiger partial charge in [-0.15, -0.1) is 0 Å². The van der Waals surface area contributed by atoms with E-state index >= 15 is 0 Å². The summed E-state index contributed by atoms with van der Waals surface area (Å²) >= 11 is 0. The predicted octanol–water partition coefficient (Wildman–Crippen LogP) is 3.95. The molecule has 0 atom stereocenters. The number of nitrogens with zero attached hydrogens (tertiary/aromatic N) is 1. The third-order valence-corrected chi connectivity index (χ3v) is 2.62. The Morgan fingerprint density at radius 2 is 1.68 bits per heavy atom. The highest BCUT2D eigenvalue weighted by Gasteiger charge is 2.33. The average Bonchev–Trinajstić information content (AvgIpc) is 2.37. The third kappa shape index (κ3) is 2.68. The molecule has 0 heterocycles. The molecule has 0 unspecified atom stereocenters. The van der Waals surface area contributed by atoms with Gasteiger partial charge in [0.2, 0.25) is 0 Å². The number of phenols is 1. The van der Waals surface area contributed by atoms with Crippen LogP contribution in [0.5, 0.6) is 5.75 Å². The summed E-state index contributed by atoms with van der Waals surface area (Å²) in [6.45, 7) is 0. The molecule has 0 bridgehead atoms. The van der Waals surface area contributed by atoms with Gasteiger partial charge >= 0.3 is 6.18 Å². The molecule has 0 fully saturated rings. The van der Waals surface area contributed by atoms with E-state index in [1.54, 1.807) is 6.07 Å². The second-order valence-electron chi connectivity index (χ2n) is 3.92. The van der Waals surface area contributed by atoms with E-state index in [4.69, 9.17) is 5.26 Å². The number of aromatic hydroxyl groups is 1. The minimum Gasteiger partial charge on any atom is -0.508 e. The van der Waals surface area contributed by atoms with Gasteiger partial charge in [-0.05, 0) is 35.4 Å². The van der Waals surface area contributed by atoms with Crippen molar-refractivity contribution in [3.8, 4) is 22.9 Å². The number of nitriles is 1. The van der Waals surface area contributed by atoms with E-state index in [0.717, 1.165) is 12.1 Å². The first-order valence-corrected chi connectivity index (χ1v) is 5.32. The Labute approximate surface area is 107 Å². The first-order chi connectivity index (χ1) is 8.91. The van der Waals surface area contributed by atoms with Crippen molar-refractivity contribution in [1.29, 1.82) is 5.26 Å². The molecule has 5 heteroatoms. The molecule has 0 spiro atoms. The van der Waals surface area contributed by atoms with Crippen molar-refractivity contribution >= 4 is 0 Å². The second kappa shape index (κ2) is 4.65. The van der Waals surface area contributed by atoms with Gasteiger partial charge in [-0.1, -0.05) is 18.2 Å². The van der Waals surface area contributed by atoms with E-state index in [1.165, 1.54) is 30.3 Å². The lowest BCUT2D eigenvalue weighted by molar-refractivity contribution is -0.137. The highest BCUT2D eigenvalue weighted by atomic mass is 19.4. The maximum atomic E-state index is 12.8. The molecule has 96 valence electrons. The molecule has 0 aliphatic carbocycles. The number of alkyl halides is 3. The van der Waals surface area contributed by atoms with E-state index in [-0.39, 0.29) is 5.75 Å². The average molecular weight is 263 g/mol. The Morgan fingerprint density at radius 3 is 2.26 bits per heavy atom. The van der Waals surface area contributed by atoms with Gasteiger partial charge in [-0.3, -0.25) is 0 Å². The van der Waals surface area contributed by atoms with Crippen LogP contribution in [0.15, 0.2) is 42.5 Å². The van der Waals surface area contributed by atoms with Crippen LogP contribution >= 0.6 is 0 Å². The monoisotopic (exact) mass is 263 g/mol. The van der Waals surface area contributed by atoms with Crippen LogP contribution < -0.4 is 0 Å². The lowest BCUT2D eigenvalue weighted by Crippen LogP contribution is -2.07. The predicted molar refractivity (Wildman–Crippen MR) is 63.3 cm³/mol. The van der Waals surface area contributed by atoms with Crippen LogP contribution in [0.3, 0.4) is 0 Å². The maximum absolute atomic E-state index is 12.8. The topological polar surface area (TPSA) is 44.0 Å². The van der Waals surface area contributed by atoms with Gasteiger partial charge in [0.05, 0.1) is 17.2 Å². The Balaban J connectivity index is 2.59. The number of hydrogen-bond donors (Lipinski definition) is 1. The fourth-order valence-electron chi connectivity index (χ4n) is 1.74. The van der Waals surface area contributed by atoms with Crippen molar-refractivity contribution in [3.05, 3.63) is 53.6 Å². The minimum atomic E-state index is -4.59. The largest absolute Gasteiger partial charge is 0.508 e. The van der Waals surface area contributed by atoms with Crippen molar-refractivity contribution in [3.63, 3.8) is 0 Å². The highest BCUT2D eigenvalue weighted by Crippen LogP contribution is 2.35. The summed E-state index contributed by atoms with van der Waals surface area (Å²) in [6, 6.07) is 10.9. The van der Waals surface area contributed by atoms with Crippen molar-refractivity contribution in [1.82, 2.24) is 0 Å². The molecule has 0 radical (unpaired) electrons. The molecule has 2 aromatic carbocycles. The van der Waals surface area contributed by atoms with E-state index < -0.39 is 17.3 Å². The van der Waals surface area contributed by atoms with Crippen LogP contribution in [0.25, 0.3) is 11.1 Å². The van der Waals surface area contributed by atoms with E-state index in [1.807, 2.05) is 0 Å². The number of halogens is 3. The van der Waals surface area contributed by atoms with Crippen LogP contribution in [0.2, 0.25) is 0 Å². The van der Waals surface area contributed by atoms with Gasteiger partial charge < -0.3 is 5.11 Å². The van der Waals surface area contributed by atoms with Gasteiger partial charge in [0.1, 0.15) is 5.75 Å². The zero-order chi connectivity index (χ0) is 14.0. The number of hydrogen-bond acceptors (Lipinski definition) is 2. The fourth-order valence-corrected chi connectivity index (χ4v) is 1.74. The highest BCUT2D eigenvalue weighted by molar-refractivity contribution is 5.67.